The van der Waals surface area contributed by atoms with Crippen molar-refractivity contribution in [2.45, 2.75) is 0 Å². The molecule has 0 radical (unpaired) electrons. The van der Waals surface area contributed by atoms with E-state index in [9.17, 15) is 9.59 Å². The lowest BCUT2D eigenvalue weighted by molar-refractivity contribution is -0.120. The van der Waals surface area contributed by atoms with Gasteiger partial charge >= 0.3 is 0 Å². The van der Waals surface area contributed by atoms with Crippen LogP contribution >= 0.6 is 39.1 Å². The number of benzene rings is 2. The highest BCUT2D eigenvalue weighted by Gasteiger charge is 2.19. The first-order chi connectivity index (χ1) is 11.9. The van der Waals surface area contributed by atoms with Gasteiger partial charge in [0.15, 0.2) is 0 Å². The van der Waals surface area contributed by atoms with Crippen molar-refractivity contribution in [3.8, 4) is 0 Å². The molecule has 130 valence electrons. The lowest BCUT2D eigenvalue weighted by Crippen LogP contribution is -2.47. The Labute approximate surface area is 163 Å². The molecule has 0 saturated carbocycles. The number of anilines is 2. The molecule has 1 heterocycles. The number of hydrogen-bond acceptors (Lipinski definition) is 3. The average molecular weight is 443 g/mol. The quantitative estimate of drug-likeness (QED) is 0.756. The van der Waals surface area contributed by atoms with Crippen molar-refractivity contribution >= 4 is 62.3 Å². The molecule has 5 nitrogen and oxygen atoms in total. The zero-order chi connectivity index (χ0) is 18.0. The topological polar surface area (TPSA) is 61.4 Å². The van der Waals surface area contributed by atoms with Crippen molar-refractivity contribution in [2.75, 3.05) is 29.9 Å². The van der Waals surface area contributed by atoms with E-state index in [0.29, 0.717) is 38.9 Å². The summed E-state index contributed by atoms with van der Waals surface area (Å²) in [7, 11) is 0. The second kappa shape index (κ2) is 7.64. The number of carbonyl (C=O) groups is 2. The van der Waals surface area contributed by atoms with Crippen LogP contribution in [0.5, 0.6) is 0 Å². The molecule has 1 aliphatic rings. The predicted octanol–water partition coefficient (Wildman–Crippen LogP) is 3.94. The van der Waals surface area contributed by atoms with Gasteiger partial charge in [0.05, 0.1) is 22.8 Å². The first-order valence-corrected chi connectivity index (χ1v) is 9.06. The highest BCUT2D eigenvalue weighted by molar-refractivity contribution is 9.10. The van der Waals surface area contributed by atoms with Crippen LogP contribution in [0.25, 0.3) is 0 Å². The van der Waals surface area contributed by atoms with Gasteiger partial charge in [0.2, 0.25) is 5.91 Å². The van der Waals surface area contributed by atoms with Gasteiger partial charge in [-0.3, -0.25) is 9.59 Å². The third-order valence-corrected chi connectivity index (χ3v) is 4.99. The van der Waals surface area contributed by atoms with Crippen molar-refractivity contribution < 1.29 is 9.59 Å². The number of halogens is 3. The normalized spacial score (nSPS) is 14.2. The van der Waals surface area contributed by atoms with Crippen molar-refractivity contribution in [3.05, 3.63) is 56.5 Å². The zero-order valence-corrected chi connectivity index (χ0v) is 16.1. The molecule has 2 aromatic rings. The Hall–Kier alpha value is -1.76. The van der Waals surface area contributed by atoms with E-state index in [2.05, 4.69) is 26.6 Å². The van der Waals surface area contributed by atoms with E-state index in [1.54, 1.807) is 36.4 Å². The minimum atomic E-state index is -0.296. The molecule has 2 N–H and O–H groups in total. The molecule has 0 bridgehead atoms. The van der Waals surface area contributed by atoms with Gasteiger partial charge in [-0.15, -0.1) is 0 Å². The average Bonchev–Trinajstić information content (AvgIpc) is 2.57. The number of hydrogen-bond donors (Lipinski definition) is 2. The highest BCUT2D eigenvalue weighted by Crippen LogP contribution is 2.30. The second-order valence-corrected chi connectivity index (χ2v) is 7.21. The van der Waals surface area contributed by atoms with Gasteiger partial charge in [0.1, 0.15) is 0 Å². The summed E-state index contributed by atoms with van der Waals surface area (Å²) in [6.45, 7) is 1.53. The third kappa shape index (κ3) is 4.26. The van der Waals surface area contributed by atoms with Crippen LogP contribution in [0.2, 0.25) is 10.0 Å². The molecular weight excluding hydrogens is 429 g/mol. The Morgan fingerprint density at radius 1 is 1.20 bits per heavy atom. The van der Waals surface area contributed by atoms with Gasteiger partial charge in [0.25, 0.3) is 5.91 Å². The molecule has 3 rings (SSSR count). The lowest BCUT2D eigenvalue weighted by Gasteiger charge is -2.29. The van der Waals surface area contributed by atoms with Crippen LogP contribution in [-0.2, 0) is 4.79 Å². The summed E-state index contributed by atoms with van der Waals surface area (Å²) < 4.78 is 0.649. The number of piperazine rings is 1. The monoisotopic (exact) mass is 441 g/mol. The minimum Gasteiger partial charge on any atom is -0.359 e. The predicted molar refractivity (Wildman–Crippen MR) is 104 cm³/mol. The molecule has 0 spiro atoms. The van der Waals surface area contributed by atoms with Crippen LogP contribution < -0.4 is 15.5 Å². The summed E-state index contributed by atoms with van der Waals surface area (Å²) in [5.41, 5.74) is 1.76. The molecule has 0 unspecified atom stereocenters. The molecule has 2 amide bonds. The Kier molecular flexibility index (Phi) is 5.51. The summed E-state index contributed by atoms with van der Waals surface area (Å²) in [6, 6.07) is 10.2. The molecular formula is C17H14BrCl2N3O2. The number of amides is 2. The SMILES string of the molecule is O=C1CN(c2ccc(NC(=O)c3cc(Cl)ccc3Br)cc2Cl)CCN1. The Morgan fingerprint density at radius 3 is 2.72 bits per heavy atom. The maximum absolute atomic E-state index is 12.4. The van der Waals surface area contributed by atoms with E-state index in [1.165, 1.54) is 0 Å². The fourth-order valence-corrected chi connectivity index (χ4v) is 3.45. The number of nitrogens with zero attached hydrogens (tertiary/aromatic N) is 1. The van der Waals surface area contributed by atoms with E-state index < -0.39 is 0 Å². The van der Waals surface area contributed by atoms with Gasteiger partial charge < -0.3 is 15.5 Å². The van der Waals surface area contributed by atoms with E-state index >= 15 is 0 Å². The maximum atomic E-state index is 12.4. The first-order valence-electron chi connectivity index (χ1n) is 7.51. The fraction of sp³-hybridized carbons (Fsp3) is 0.176. The van der Waals surface area contributed by atoms with Gasteiger partial charge in [-0.1, -0.05) is 23.2 Å². The minimum absolute atomic E-state index is 0.0366. The summed E-state index contributed by atoms with van der Waals surface area (Å²) in [6.07, 6.45) is 0. The highest BCUT2D eigenvalue weighted by atomic mass is 79.9. The Balaban J connectivity index is 1.77. The molecule has 0 aliphatic carbocycles. The van der Waals surface area contributed by atoms with Gasteiger partial charge in [0, 0.05) is 28.3 Å². The first kappa shape index (κ1) is 18.0. The van der Waals surface area contributed by atoms with Crippen LogP contribution in [0.3, 0.4) is 0 Å². The van der Waals surface area contributed by atoms with E-state index in [0.717, 1.165) is 5.69 Å². The molecule has 2 aromatic carbocycles. The Morgan fingerprint density at radius 2 is 2.00 bits per heavy atom. The van der Waals surface area contributed by atoms with Crippen LogP contribution in [-0.4, -0.2) is 31.4 Å². The number of carbonyl (C=O) groups excluding carboxylic acids is 2. The van der Waals surface area contributed by atoms with E-state index in [4.69, 9.17) is 23.2 Å². The third-order valence-electron chi connectivity index (χ3n) is 3.76. The molecule has 1 fully saturated rings. The van der Waals surface area contributed by atoms with Gasteiger partial charge in [-0.05, 0) is 52.3 Å². The summed E-state index contributed by atoms with van der Waals surface area (Å²) in [5.74, 6) is -0.332. The number of nitrogens with one attached hydrogen (secondary N) is 2. The van der Waals surface area contributed by atoms with Crippen LogP contribution in [0.1, 0.15) is 10.4 Å². The van der Waals surface area contributed by atoms with E-state index in [-0.39, 0.29) is 18.4 Å². The summed E-state index contributed by atoms with van der Waals surface area (Å²) in [5, 5.41) is 6.51. The standard InChI is InChI=1S/C17H14BrCl2N3O2/c18-13-3-1-10(19)7-12(13)17(25)22-11-2-4-15(14(20)8-11)23-6-5-21-16(24)9-23/h1-4,7-8H,5-6,9H2,(H,21,24)(H,22,25). The summed E-state index contributed by atoms with van der Waals surface area (Å²) >= 11 is 15.6. The van der Waals surface area contributed by atoms with Gasteiger partial charge in [-0.25, -0.2) is 0 Å². The smallest absolute Gasteiger partial charge is 0.256 e. The van der Waals surface area contributed by atoms with Crippen molar-refractivity contribution in [2.24, 2.45) is 0 Å². The van der Waals surface area contributed by atoms with Crippen molar-refractivity contribution in [1.82, 2.24) is 5.32 Å². The molecule has 25 heavy (non-hydrogen) atoms. The fourth-order valence-electron chi connectivity index (χ4n) is 2.56. The van der Waals surface area contributed by atoms with E-state index in [1.807, 2.05) is 4.90 Å². The van der Waals surface area contributed by atoms with Crippen molar-refractivity contribution in [1.29, 1.82) is 0 Å². The second-order valence-electron chi connectivity index (χ2n) is 5.52. The lowest BCUT2D eigenvalue weighted by atomic mass is 10.2. The maximum Gasteiger partial charge on any atom is 0.256 e. The van der Waals surface area contributed by atoms with Crippen LogP contribution in [0.4, 0.5) is 11.4 Å². The molecule has 0 atom stereocenters. The molecule has 8 heteroatoms. The zero-order valence-electron chi connectivity index (χ0n) is 13.0. The largest absolute Gasteiger partial charge is 0.359 e. The summed E-state index contributed by atoms with van der Waals surface area (Å²) in [4.78, 5) is 25.8. The Bertz CT molecular complexity index is 845. The van der Waals surface area contributed by atoms with Crippen molar-refractivity contribution in [3.63, 3.8) is 0 Å². The molecule has 0 aromatic heterocycles. The molecule has 1 saturated heterocycles. The number of rotatable bonds is 3. The molecule has 1 aliphatic heterocycles. The van der Waals surface area contributed by atoms with Gasteiger partial charge in [-0.2, -0.15) is 0 Å². The van der Waals surface area contributed by atoms with Crippen LogP contribution in [0.15, 0.2) is 40.9 Å². The van der Waals surface area contributed by atoms with Crippen LogP contribution in [0, 0.1) is 0 Å².